The van der Waals surface area contributed by atoms with Crippen molar-refractivity contribution in [2.24, 2.45) is 4.99 Å². The fraction of sp³-hybridized carbons (Fsp3) is 0.318. The van der Waals surface area contributed by atoms with Gasteiger partial charge in [0.1, 0.15) is 5.76 Å². The molecule has 0 saturated carbocycles. The number of methoxy groups -OCH3 is 1. The molecular weight excluding hydrogens is 424 g/mol. The number of aryl methyl sites for hydroxylation is 5. The molecule has 0 aromatic heterocycles. The van der Waals surface area contributed by atoms with Crippen LogP contribution in [0.5, 0.6) is 0 Å². The summed E-state index contributed by atoms with van der Waals surface area (Å²) < 4.78 is 5.69. The zero-order valence-electron chi connectivity index (χ0n) is 16.9. The first-order valence-corrected chi connectivity index (χ1v) is 11.4. The van der Waals surface area contributed by atoms with Crippen molar-refractivity contribution in [2.75, 3.05) is 7.11 Å². The topological polar surface area (TPSA) is 21.6 Å². The maximum absolute atomic E-state index is 5.69. The van der Waals surface area contributed by atoms with Gasteiger partial charge in [0.15, 0.2) is 0 Å². The van der Waals surface area contributed by atoms with Crippen LogP contribution in [0.25, 0.3) is 5.76 Å². The van der Waals surface area contributed by atoms with E-state index in [0.29, 0.717) is 12.9 Å². The number of nitrogens with zero attached hydrogens (tertiary/aromatic N) is 1. The summed E-state index contributed by atoms with van der Waals surface area (Å²) in [4.78, 5) is 4.81. The van der Waals surface area contributed by atoms with E-state index in [1.807, 2.05) is 13.0 Å². The Balaban J connectivity index is 0.00000114. The van der Waals surface area contributed by atoms with Gasteiger partial charge in [-0.1, -0.05) is 35.9 Å². The van der Waals surface area contributed by atoms with Crippen LogP contribution < -0.4 is 0 Å². The Bertz CT molecular complexity index is 801. The summed E-state index contributed by atoms with van der Waals surface area (Å²) in [6.07, 6.45) is 2.02. The van der Waals surface area contributed by atoms with Gasteiger partial charge in [0.05, 0.1) is 12.8 Å². The maximum atomic E-state index is 5.69. The van der Waals surface area contributed by atoms with E-state index in [1.54, 1.807) is 7.11 Å². The second kappa shape index (κ2) is 11.6. The van der Waals surface area contributed by atoms with Crippen molar-refractivity contribution in [3.63, 3.8) is 0 Å². The molecule has 0 aliphatic heterocycles. The molecule has 0 N–H and O–H groups in total. The molecule has 0 heterocycles. The monoisotopic (exact) mass is 450 g/mol. The van der Waals surface area contributed by atoms with E-state index in [0.717, 1.165) is 22.7 Å². The first-order chi connectivity index (χ1) is 12.7. The van der Waals surface area contributed by atoms with Crippen LogP contribution in [0.2, 0.25) is 0 Å². The molecule has 2 aromatic rings. The second-order valence-electron chi connectivity index (χ2n) is 6.53. The minimum absolute atomic E-state index is 0.382. The summed E-state index contributed by atoms with van der Waals surface area (Å²) in [6, 6.07) is 10.6. The molecular formula is C22H27Cl2CoNO. The van der Waals surface area contributed by atoms with E-state index in [2.05, 4.69) is 65.0 Å². The number of ether oxygens (including phenoxy) is 1. The summed E-state index contributed by atoms with van der Waals surface area (Å²) in [5.74, 6) is 0.859. The molecule has 149 valence electrons. The number of aliphatic imine (C=N–C) groups is 1. The quantitative estimate of drug-likeness (QED) is 0.351. The Morgan fingerprint density at radius 3 is 1.89 bits per heavy atom. The fourth-order valence-corrected chi connectivity index (χ4v) is 3.18. The molecule has 0 atom stereocenters. The SMILES string of the molecule is CO/C(=C\C(C)=Nc1c(C)cccc1C)c1c(C)cc(C)cc1C.[Cl][Co][Cl]. The van der Waals surface area contributed by atoms with Crippen LogP contribution in [0.3, 0.4) is 0 Å². The summed E-state index contributed by atoms with van der Waals surface area (Å²) in [6.45, 7) is 12.6. The molecule has 0 aliphatic carbocycles. The van der Waals surface area contributed by atoms with Crippen molar-refractivity contribution in [1.29, 1.82) is 0 Å². The number of halogens is 2. The van der Waals surface area contributed by atoms with Gasteiger partial charge in [-0.25, -0.2) is 0 Å². The van der Waals surface area contributed by atoms with Crippen LogP contribution in [0.15, 0.2) is 41.4 Å². The van der Waals surface area contributed by atoms with E-state index < -0.39 is 0 Å². The van der Waals surface area contributed by atoms with Gasteiger partial charge in [0, 0.05) is 17.4 Å². The Hall–Kier alpha value is -1.26. The molecule has 0 amide bonds. The van der Waals surface area contributed by atoms with Gasteiger partial charge in [-0.05, 0) is 63.8 Å². The Kier molecular flexibility index (Phi) is 10.2. The van der Waals surface area contributed by atoms with Gasteiger partial charge in [0.25, 0.3) is 0 Å². The molecule has 0 spiro atoms. The molecule has 27 heavy (non-hydrogen) atoms. The van der Waals surface area contributed by atoms with Gasteiger partial charge in [-0.3, -0.25) is 4.99 Å². The Labute approximate surface area is 178 Å². The molecule has 5 heteroatoms. The Morgan fingerprint density at radius 1 is 0.963 bits per heavy atom. The summed E-state index contributed by atoms with van der Waals surface area (Å²) in [5.41, 5.74) is 9.21. The predicted octanol–water partition coefficient (Wildman–Crippen LogP) is 7.39. The van der Waals surface area contributed by atoms with E-state index in [1.165, 1.54) is 27.8 Å². The Morgan fingerprint density at radius 2 is 1.44 bits per heavy atom. The van der Waals surface area contributed by atoms with Crippen molar-refractivity contribution in [1.82, 2.24) is 0 Å². The second-order valence-corrected chi connectivity index (χ2v) is 8.25. The molecule has 0 fully saturated rings. The van der Waals surface area contributed by atoms with Gasteiger partial charge in [-0.2, -0.15) is 0 Å². The number of benzene rings is 2. The van der Waals surface area contributed by atoms with Gasteiger partial charge in [-0.15, -0.1) is 0 Å². The molecule has 2 rings (SSSR count). The van der Waals surface area contributed by atoms with Gasteiger partial charge < -0.3 is 4.74 Å². The predicted molar refractivity (Wildman–Crippen MR) is 116 cm³/mol. The summed E-state index contributed by atoms with van der Waals surface area (Å²) in [5, 5.41) is 0. The number of rotatable bonds is 4. The van der Waals surface area contributed by atoms with Crippen molar-refractivity contribution >= 4 is 37.5 Å². The zero-order chi connectivity index (χ0) is 20.6. The normalized spacial score (nSPS) is 11.9. The fourth-order valence-electron chi connectivity index (χ4n) is 3.18. The molecule has 0 saturated heterocycles. The van der Waals surface area contributed by atoms with Crippen LogP contribution in [0.1, 0.15) is 40.3 Å². The molecule has 0 aliphatic rings. The van der Waals surface area contributed by atoms with Crippen LogP contribution in [0.4, 0.5) is 5.69 Å². The molecule has 2 nitrogen and oxygen atoms in total. The average molecular weight is 451 g/mol. The number of hydrogen-bond acceptors (Lipinski definition) is 2. The summed E-state index contributed by atoms with van der Waals surface area (Å²) in [7, 11) is 11.2. The van der Waals surface area contributed by atoms with Crippen molar-refractivity contribution in [3.05, 3.63) is 69.8 Å². The van der Waals surface area contributed by atoms with Crippen LogP contribution in [0, 0.1) is 34.6 Å². The minimum atomic E-state index is 0.382. The third kappa shape index (κ3) is 7.00. The van der Waals surface area contributed by atoms with Crippen LogP contribution in [-0.2, 0) is 17.6 Å². The number of allylic oxidation sites excluding steroid dienone is 1. The molecule has 0 unspecified atom stereocenters. The van der Waals surface area contributed by atoms with Crippen molar-refractivity contribution < 1.29 is 17.6 Å². The number of hydrogen-bond donors (Lipinski definition) is 0. The van der Waals surface area contributed by atoms with E-state index >= 15 is 0 Å². The average Bonchev–Trinajstić information content (AvgIpc) is 2.57. The first-order valence-electron chi connectivity index (χ1n) is 8.54. The van der Waals surface area contributed by atoms with E-state index in [-0.39, 0.29) is 0 Å². The standard InChI is InChI=1S/C22H27NO.2ClH.Co/c1-14-11-17(4)21(18(5)12-14)20(24-7)13-19(6)23-22-15(2)9-8-10-16(22)3;;;/h8-13H,1-7H3;2*1H;/q;;;+2/p-2/b20-13-,23-19?;;;. The number of para-hydroxylation sites is 1. The third-order valence-corrected chi connectivity index (χ3v) is 4.21. The zero-order valence-corrected chi connectivity index (χ0v) is 19.5. The van der Waals surface area contributed by atoms with Crippen molar-refractivity contribution in [3.8, 4) is 0 Å². The summed E-state index contributed by atoms with van der Waals surface area (Å²) >= 11 is 0.382. The van der Waals surface area contributed by atoms with Crippen LogP contribution >= 0.6 is 20.3 Å². The van der Waals surface area contributed by atoms with Crippen LogP contribution in [-0.4, -0.2) is 12.8 Å². The van der Waals surface area contributed by atoms with Gasteiger partial charge >= 0.3 is 33.2 Å². The van der Waals surface area contributed by atoms with Crippen molar-refractivity contribution in [2.45, 2.75) is 41.5 Å². The molecule has 2 aromatic carbocycles. The van der Waals surface area contributed by atoms with E-state index in [9.17, 15) is 0 Å². The third-order valence-electron chi connectivity index (χ3n) is 4.21. The molecule has 0 bridgehead atoms. The first kappa shape index (κ1) is 23.8. The van der Waals surface area contributed by atoms with Gasteiger partial charge in [0.2, 0.25) is 0 Å². The van der Waals surface area contributed by atoms with E-state index in [4.69, 9.17) is 30.0 Å². The molecule has 0 radical (unpaired) electrons.